The van der Waals surface area contributed by atoms with E-state index in [2.05, 4.69) is 0 Å². The second-order valence-corrected chi connectivity index (χ2v) is 5.53. The Hall–Kier alpha value is 0.0900. The maximum absolute atomic E-state index is 11.9. The van der Waals surface area contributed by atoms with Crippen LogP contribution in [0.4, 0.5) is 0 Å². The van der Waals surface area contributed by atoms with Gasteiger partial charge in [0.25, 0.3) is 0 Å². The van der Waals surface area contributed by atoms with Crippen LogP contribution in [0, 0.1) is 10.1 Å². The fourth-order valence-electron chi connectivity index (χ4n) is 0.766. The van der Waals surface area contributed by atoms with Crippen LogP contribution in [-0.4, -0.2) is 47.4 Å². The monoisotopic (exact) mass is 295 g/mol. The number of halogens is 2. The van der Waals surface area contributed by atoms with Crippen LogP contribution < -0.4 is 0 Å². The van der Waals surface area contributed by atoms with Crippen molar-refractivity contribution >= 4 is 30.8 Å². The smallest absolute Gasteiger partial charge is 0.365 e. The lowest BCUT2D eigenvalue weighted by molar-refractivity contribution is -0.486. The van der Waals surface area contributed by atoms with Crippen molar-refractivity contribution in [2.24, 2.45) is 0 Å². The van der Waals surface area contributed by atoms with Crippen LogP contribution in [0.5, 0.6) is 0 Å². The molecule has 0 aliphatic rings. The molecule has 0 aromatic carbocycles. The molecular formula is C6H12Cl2NO6P. The van der Waals surface area contributed by atoms with Gasteiger partial charge >= 0.3 is 7.60 Å². The highest BCUT2D eigenvalue weighted by Crippen LogP contribution is 2.52. The van der Waals surface area contributed by atoms with Crippen LogP contribution in [0.25, 0.3) is 0 Å². The molecule has 0 saturated heterocycles. The zero-order valence-electron chi connectivity index (χ0n) is 8.25. The van der Waals surface area contributed by atoms with Gasteiger partial charge in [0.05, 0.1) is 13.2 Å². The summed E-state index contributed by atoms with van der Waals surface area (Å²) in [5, 5.41) is 19.5. The van der Waals surface area contributed by atoms with Crippen molar-refractivity contribution in [1.29, 1.82) is 0 Å². The second-order valence-electron chi connectivity index (χ2n) is 2.58. The van der Waals surface area contributed by atoms with Crippen molar-refractivity contribution in [3.63, 3.8) is 0 Å². The molecule has 7 nitrogen and oxygen atoms in total. The molecule has 0 saturated carbocycles. The minimum Gasteiger partial charge on any atom is -0.375 e. The summed E-state index contributed by atoms with van der Waals surface area (Å²) in [7, 11) is -3.95. The van der Waals surface area contributed by atoms with Crippen LogP contribution >= 0.6 is 30.8 Å². The number of nitrogens with zero attached hydrogens (tertiary/aromatic N) is 1. The van der Waals surface area contributed by atoms with Gasteiger partial charge in [0.2, 0.25) is 12.4 Å². The van der Waals surface area contributed by atoms with Crippen LogP contribution in [0.15, 0.2) is 0 Å². The van der Waals surface area contributed by atoms with Gasteiger partial charge in [-0.05, 0) is 0 Å². The summed E-state index contributed by atoms with van der Waals surface area (Å²) in [6, 6.07) is 0. The first-order chi connectivity index (χ1) is 7.46. The normalized spacial score (nSPS) is 13.7. The van der Waals surface area contributed by atoms with Crippen molar-refractivity contribution in [1.82, 2.24) is 0 Å². The molecule has 1 N–H and O–H groups in total. The van der Waals surface area contributed by atoms with Gasteiger partial charge in [-0.1, -0.05) is 0 Å². The lowest BCUT2D eigenvalue weighted by Crippen LogP contribution is -2.23. The highest BCUT2D eigenvalue weighted by atomic mass is 35.5. The van der Waals surface area contributed by atoms with Gasteiger partial charge in [0.1, 0.15) is 0 Å². The number of aliphatic hydroxyl groups is 1. The third-order valence-corrected chi connectivity index (χ3v) is 3.66. The van der Waals surface area contributed by atoms with Crippen LogP contribution in [-0.2, 0) is 13.6 Å². The van der Waals surface area contributed by atoms with E-state index in [0.717, 1.165) is 0 Å². The third kappa shape index (κ3) is 5.98. The van der Waals surface area contributed by atoms with Crippen molar-refractivity contribution in [3.8, 4) is 0 Å². The minimum absolute atomic E-state index is 0.0272. The zero-order chi connectivity index (χ0) is 12.6. The highest BCUT2D eigenvalue weighted by molar-refractivity contribution is 7.54. The maximum Gasteiger partial charge on any atom is 0.365 e. The molecule has 0 fully saturated rings. The van der Waals surface area contributed by atoms with Gasteiger partial charge < -0.3 is 14.2 Å². The number of nitro groups is 1. The molecule has 1 atom stereocenters. The molecule has 0 radical (unpaired) electrons. The Morgan fingerprint density at radius 3 is 2.06 bits per heavy atom. The van der Waals surface area contributed by atoms with Crippen molar-refractivity contribution in [2.45, 2.75) is 5.85 Å². The largest absolute Gasteiger partial charge is 0.375 e. The summed E-state index contributed by atoms with van der Waals surface area (Å²) in [4.78, 5) is 9.35. The molecule has 0 aromatic rings. The summed E-state index contributed by atoms with van der Waals surface area (Å²) in [6.07, 6.45) is 0. The van der Waals surface area contributed by atoms with Gasteiger partial charge in [-0.3, -0.25) is 14.7 Å². The van der Waals surface area contributed by atoms with Gasteiger partial charge in [0, 0.05) is 16.7 Å². The molecule has 10 heteroatoms. The molecule has 0 spiro atoms. The topological polar surface area (TPSA) is 98.9 Å². The van der Waals surface area contributed by atoms with E-state index in [0.29, 0.717) is 0 Å². The SMILES string of the molecule is O=[N+]([O-])CC(O)P(=O)(OCCCl)OCCCl. The Morgan fingerprint density at radius 2 is 1.75 bits per heavy atom. The Morgan fingerprint density at radius 1 is 1.31 bits per heavy atom. The summed E-state index contributed by atoms with van der Waals surface area (Å²) in [5.41, 5.74) is 0. The fourth-order valence-corrected chi connectivity index (χ4v) is 2.58. The Balaban J connectivity index is 4.49. The fraction of sp³-hybridized carbons (Fsp3) is 1.00. The molecule has 16 heavy (non-hydrogen) atoms. The van der Waals surface area contributed by atoms with Crippen molar-refractivity contribution < 1.29 is 23.6 Å². The number of rotatable bonds is 9. The molecule has 0 amide bonds. The van der Waals surface area contributed by atoms with E-state index in [1.165, 1.54) is 0 Å². The average molecular weight is 296 g/mol. The van der Waals surface area contributed by atoms with E-state index in [1.807, 2.05) is 0 Å². The molecule has 0 aliphatic heterocycles. The van der Waals surface area contributed by atoms with Crippen molar-refractivity contribution in [2.75, 3.05) is 31.5 Å². The van der Waals surface area contributed by atoms with E-state index in [1.54, 1.807) is 0 Å². The van der Waals surface area contributed by atoms with Gasteiger partial charge in [-0.2, -0.15) is 0 Å². The van der Waals surface area contributed by atoms with E-state index < -0.39 is 24.9 Å². The maximum atomic E-state index is 11.9. The van der Waals surface area contributed by atoms with Gasteiger partial charge in [-0.15, -0.1) is 23.2 Å². The Bertz CT molecular complexity index is 253. The van der Waals surface area contributed by atoms with E-state index in [-0.39, 0.29) is 25.0 Å². The molecule has 0 aliphatic carbocycles. The lowest BCUT2D eigenvalue weighted by atomic mass is 10.7. The number of aliphatic hydroxyl groups excluding tert-OH is 1. The first kappa shape index (κ1) is 16.1. The standard InChI is InChI=1S/C6H12Cl2NO6P/c7-1-3-14-16(13,15-4-2-8)6(10)5-9(11)12/h6,10H,1-5H2. The zero-order valence-corrected chi connectivity index (χ0v) is 10.7. The van der Waals surface area contributed by atoms with Gasteiger partial charge in [0.15, 0.2) is 0 Å². The Kier molecular flexibility index (Phi) is 8.27. The summed E-state index contributed by atoms with van der Waals surface area (Å²) < 4.78 is 21.3. The first-order valence-corrected chi connectivity index (χ1v) is 6.95. The third-order valence-electron chi connectivity index (χ3n) is 1.37. The van der Waals surface area contributed by atoms with Crippen LogP contribution in [0.1, 0.15) is 0 Å². The van der Waals surface area contributed by atoms with Crippen LogP contribution in [0.2, 0.25) is 0 Å². The number of hydrogen-bond donors (Lipinski definition) is 1. The summed E-state index contributed by atoms with van der Waals surface area (Å²) >= 11 is 10.6. The average Bonchev–Trinajstić information content (AvgIpc) is 2.22. The van der Waals surface area contributed by atoms with Crippen molar-refractivity contribution in [3.05, 3.63) is 10.1 Å². The van der Waals surface area contributed by atoms with E-state index in [9.17, 15) is 19.8 Å². The van der Waals surface area contributed by atoms with E-state index in [4.69, 9.17) is 32.2 Å². The predicted molar refractivity (Wildman–Crippen MR) is 58.8 cm³/mol. The Labute approximate surface area is 102 Å². The summed E-state index contributed by atoms with van der Waals surface area (Å²) in [6.45, 7) is -1.21. The quantitative estimate of drug-likeness (QED) is 0.298. The lowest BCUT2D eigenvalue weighted by Gasteiger charge is -2.20. The molecule has 0 rings (SSSR count). The van der Waals surface area contributed by atoms with Crippen LogP contribution in [0.3, 0.4) is 0 Å². The summed E-state index contributed by atoms with van der Waals surface area (Å²) in [5.74, 6) is -1.77. The molecule has 96 valence electrons. The van der Waals surface area contributed by atoms with E-state index >= 15 is 0 Å². The number of hydrogen-bond acceptors (Lipinski definition) is 6. The molecule has 0 heterocycles. The second kappa shape index (κ2) is 8.22. The van der Waals surface area contributed by atoms with Gasteiger partial charge in [-0.25, -0.2) is 0 Å². The number of alkyl halides is 2. The molecule has 1 unspecified atom stereocenters. The minimum atomic E-state index is -3.95. The molecule has 0 bridgehead atoms. The first-order valence-electron chi connectivity index (χ1n) is 4.27. The predicted octanol–water partition coefficient (Wildman–Crippen LogP) is 1.29. The molecule has 0 aromatic heterocycles. The molecular weight excluding hydrogens is 284 g/mol. The highest BCUT2D eigenvalue weighted by Gasteiger charge is 2.38.